The minimum Gasteiger partial charge on any atom is -0.308 e. The highest BCUT2D eigenvalue weighted by Crippen LogP contribution is 2.21. The van der Waals surface area contributed by atoms with Crippen LogP contribution in [0.15, 0.2) is 18.3 Å². The molecule has 0 saturated heterocycles. The van der Waals surface area contributed by atoms with Crippen molar-refractivity contribution in [3.8, 4) is 0 Å². The predicted molar refractivity (Wildman–Crippen MR) is 55.9 cm³/mol. The average Bonchev–Trinajstić information content (AvgIpc) is 2.14. The van der Waals surface area contributed by atoms with Crippen LogP contribution in [0, 0.1) is 6.92 Å². The van der Waals surface area contributed by atoms with E-state index in [1.807, 2.05) is 13.0 Å². The fraction of sp³-hybridized carbons (Fsp3) is 0.545. The number of nitrogens with zero attached hydrogens (tertiary/aromatic N) is 1. The first kappa shape index (κ1) is 13.0. The molecule has 90 valence electrons. The van der Waals surface area contributed by atoms with Crippen LogP contribution >= 0.6 is 0 Å². The summed E-state index contributed by atoms with van der Waals surface area (Å²) in [4.78, 5) is 4.10. The highest BCUT2D eigenvalue weighted by atomic mass is 19.4. The van der Waals surface area contributed by atoms with Crippen molar-refractivity contribution in [2.45, 2.75) is 39.0 Å². The van der Waals surface area contributed by atoms with Gasteiger partial charge in [0.1, 0.15) is 0 Å². The van der Waals surface area contributed by atoms with Gasteiger partial charge in [-0.15, -0.1) is 0 Å². The van der Waals surface area contributed by atoms with Crippen LogP contribution in [-0.4, -0.2) is 17.2 Å². The molecule has 1 aromatic heterocycles. The van der Waals surface area contributed by atoms with E-state index in [1.165, 1.54) is 6.92 Å². The van der Waals surface area contributed by atoms with Crippen molar-refractivity contribution in [3.05, 3.63) is 29.6 Å². The molecular formula is C11H15F3N2. The smallest absolute Gasteiger partial charge is 0.308 e. The molecule has 0 aliphatic heterocycles. The minimum atomic E-state index is -4.12. The molecule has 1 heterocycles. The van der Waals surface area contributed by atoms with E-state index in [0.29, 0.717) is 6.54 Å². The standard InChI is InChI=1S/C11H15F3N2/c1-8-4-3-5-15-10(8)7-16-9(2)6-11(12,13)14/h3-5,9,16H,6-7H2,1-2H3. The lowest BCUT2D eigenvalue weighted by molar-refractivity contribution is -0.139. The summed E-state index contributed by atoms with van der Waals surface area (Å²) in [5.41, 5.74) is 1.77. The molecular weight excluding hydrogens is 217 g/mol. The second-order valence-electron chi connectivity index (χ2n) is 3.87. The van der Waals surface area contributed by atoms with Gasteiger partial charge in [-0.1, -0.05) is 6.07 Å². The first-order valence-corrected chi connectivity index (χ1v) is 5.09. The molecule has 1 rings (SSSR count). The molecule has 1 unspecified atom stereocenters. The second kappa shape index (κ2) is 5.30. The Labute approximate surface area is 92.9 Å². The Morgan fingerprint density at radius 1 is 1.44 bits per heavy atom. The van der Waals surface area contributed by atoms with E-state index in [2.05, 4.69) is 10.3 Å². The maximum atomic E-state index is 12.1. The van der Waals surface area contributed by atoms with Crippen molar-refractivity contribution in [2.24, 2.45) is 0 Å². The number of hydrogen-bond acceptors (Lipinski definition) is 2. The number of nitrogens with one attached hydrogen (secondary N) is 1. The Kier molecular flexibility index (Phi) is 4.29. The van der Waals surface area contributed by atoms with E-state index in [9.17, 15) is 13.2 Å². The number of halogens is 3. The number of aryl methyl sites for hydroxylation is 1. The highest BCUT2D eigenvalue weighted by molar-refractivity contribution is 5.17. The Bertz CT molecular complexity index is 336. The second-order valence-corrected chi connectivity index (χ2v) is 3.87. The third-order valence-electron chi connectivity index (χ3n) is 2.27. The minimum absolute atomic E-state index is 0.365. The van der Waals surface area contributed by atoms with Gasteiger partial charge >= 0.3 is 6.18 Å². The van der Waals surface area contributed by atoms with Crippen molar-refractivity contribution in [1.29, 1.82) is 0 Å². The van der Waals surface area contributed by atoms with Gasteiger partial charge in [0.05, 0.1) is 12.1 Å². The fourth-order valence-corrected chi connectivity index (χ4v) is 1.39. The molecule has 1 aromatic rings. The molecule has 16 heavy (non-hydrogen) atoms. The normalized spacial score (nSPS) is 13.8. The van der Waals surface area contributed by atoms with Crippen LogP contribution < -0.4 is 5.32 Å². The van der Waals surface area contributed by atoms with E-state index in [0.717, 1.165) is 11.3 Å². The van der Waals surface area contributed by atoms with Crippen LogP contribution in [0.2, 0.25) is 0 Å². The monoisotopic (exact) mass is 232 g/mol. The lowest BCUT2D eigenvalue weighted by atomic mass is 10.2. The zero-order chi connectivity index (χ0) is 12.2. The summed E-state index contributed by atoms with van der Waals surface area (Å²) in [6.07, 6.45) is -3.30. The number of hydrogen-bond donors (Lipinski definition) is 1. The Hall–Kier alpha value is -1.10. The van der Waals surface area contributed by atoms with Crippen molar-refractivity contribution < 1.29 is 13.2 Å². The summed E-state index contributed by atoms with van der Waals surface area (Å²) < 4.78 is 36.2. The maximum absolute atomic E-state index is 12.1. The van der Waals surface area contributed by atoms with Crippen molar-refractivity contribution >= 4 is 0 Å². The predicted octanol–water partition coefficient (Wildman–Crippen LogP) is 2.82. The van der Waals surface area contributed by atoms with Crippen LogP contribution in [-0.2, 0) is 6.54 Å². The number of rotatable bonds is 4. The van der Waals surface area contributed by atoms with Gasteiger partial charge < -0.3 is 5.32 Å². The molecule has 0 bridgehead atoms. The van der Waals surface area contributed by atoms with Crippen LogP contribution in [0.5, 0.6) is 0 Å². The van der Waals surface area contributed by atoms with E-state index >= 15 is 0 Å². The highest BCUT2D eigenvalue weighted by Gasteiger charge is 2.29. The van der Waals surface area contributed by atoms with Gasteiger partial charge in [-0.2, -0.15) is 13.2 Å². The maximum Gasteiger partial charge on any atom is 0.390 e. The fourth-order valence-electron chi connectivity index (χ4n) is 1.39. The first-order chi connectivity index (χ1) is 7.38. The SMILES string of the molecule is Cc1cccnc1CNC(C)CC(F)(F)F. The van der Waals surface area contributed by atoms with E-state index in [-0.39, 0.29) is 0 Å². The van der Waals surface area contributed by atoms with E-state index in [4.69, 9.17) is 0 Å². The molecule has 0 aliphatic carbocycles. The topological polar surface area (TPSA) is 24.9 Å². The summed E-state index contributed by atoms with van der Waals surface area (Å²) in [5, 5.41) is 2.81. The van der Waals surface area contributed by atoms with Crippen LogP contribution in [0.25, 0.3) is 0 Å². The molecule has 1 atom stereocenters. The molecule has 0 amide bonds. The van der Waals surface area contributed by atoms with Crippen molar-refractivity contribution in [2.75, 3.05) is 0 Å². The molecule has 0 spiro atoms. The summed E-state index contributed by atoms with van der Waals surface area (Å²) in [6.45, 7) is 3.77. The third kappa shape index (κ3) is 4.61. The summed E-state index contributed by atoms with van der Waals surface area (Å²) in [6, 6.07) is 3.09. The summed E-state index contributed by atoms with van der Waals surface area (Å²) in [5.74, 6) is 0. The molecule has 5 heteroatoms. The quantitative estimate of drug-likeness (QED) is 0.863. The molecule has 0 fully saturated rings. The van der Waals surface area contributed by atoms with Gasteiger partial charge in [-0.3, -0.25) is 4.98 Å². The molecule has 0 saturated carbocycles. The van der Waals surface area contributed by atoms with Gasteiger partial charge in [-0.05, 0) is 25.5 Å². The van der Waals surface area contributed by atoms with E-state index in [1.54, 1.807) is 12.3 Å². The number of alkyl halides is 3. The Morgan fingerprint density at radius 2 is 2.12 bits per heavy atom. The first-order valence-electron chi connectivity index (χ1n) is 5.09. The van der Waals surface area contributed by atoms with Crippen LogP contribution in [0.1, 0.15) is 24.6 Å². The Balaban J connectivity index is 2.43. The molecule has 0 aliphatic rings. The van der Waals surface area contributed by atoms with Crippen molar-refractivity contribution in [1.82, 2.24) is 10.3 Å². The number of pyridine rings is 1. The number of aromatic nitrogens is 1. The van der Waals surface area contributed by atoms with Gasteiger partial charge in [0.25, 0.3) is 0 Å². The van der Waals surface area contributed by atoms with Gasteiger partial charge in [0.2, 0.25) is 0 Å². The lowest BCUT2D eigenvalue weighted by Gasteiger charge is -2.16. The third-order valence-corrected chi connectivity index (χ3v) is 2.27. The van der Waals surface area contributed by atoms with Gasteiger partial charge in [0.15, 0.2) is 0 Å². The molecule has 0 radical (unpaired) electrons. The zero-order valence-corrected chi connectivity index (χ0v) is 9.30. The molecule has 0 aromatic carbocycles. The Morgan fingerprint density at radius 3 is 2.69 bits per heavy atom. The average molecular weight is 232 g/mol. The zero-order valence-electron chi connectivity index (χ0n) is 9.30. The molecule has 2 nitrogen and oxygen atoms in total. The van der Waals surface area contributed by atoms with Gasteiger partial charge in [-0.25, -0.2) is 0 Å². The van der Waals surface area contributed by atoms with Gasteiger partial charge in [0, 0.05) is 18.8 Å². The largest absolute Gasteiger partial charge is 0.390 e. The summed E-state index contributed by atoms with van der Waals surface area (Å²) >= 11 is 0. The molecule has 1 N–H and O–H groups in total. The van der Waals surface area contributed by atoms with E-state index < -0.39 is 18.6 Å². The lowest BCUT2D eigenvalue weighted by Crippen LogP contribution is -2.31. The van der Waals surface area contributed by atoms with Crippen molar-refractivity contribution in [3.63, 3.8) is 0 Å². The van der Waals surface area contributed by atoms with Crippen LogP contribution in [0.4, 0.5) is 13.2 Å². The van der Waals surface area contributed by atoms with Crippen LogP contribution in [0.3, 0.4) is 0 Å². The summed E-state index contributed by atoms with van der Waals surface area (Å²) in [7, 11) is 0.